The van der Waals surface area contributed by atoms with Crippen molar-refractivity contribution >= 4 is 0 Å². The third-order valence-electron chi connectivity index (χ3n) is 3.59. The van der Waals surface area contributed by atoms with Gasteiger partial charge in [-0.15, -0.1) is 0 Å². The molecule has 0 aliphatic carbocycles. The Labute approximate surface area is 98.4 Å². The van der Waals surface area contributed by atoms with Gasteiger partial charge in [0.15, 0.2) is 0 Å². The van der Waals surface area contributed by atoms with E-state index >= 15 is 0 Å². The van der Waals surface area contributed by atoms with Gasteiger partial charge in [-0.2, -0.15) is 0 Å². The Bertz CT molecular complexity index is 304. The minimum atomic E-state index is 0.196. The lowest BCUT2D eigenvalue weighted by molar-refractivity contribution is 0.0943. The second-order valence-corrected chi connectivity index (χ2v) is 4.84. The van der Waals surface area contributed by atoms with Crippen LogP contribution in [0, 0.1) is 5.92 Å². The van der Waals surface area contributed by atoms with E-state index in [2.05, 4.69) is 36.1 Å². The maximum atomic E-state index is 6.16. The van der Waals surface area contributed by atoms with E-state index in [0.29, 0.717) is 0 Å². The number of rotatable bonds is 5. The van der Waals surface area contributed by atoms with Crippen molar-refractivity contribution in [2.24, 2.45) is 11.7 Å². The van der Waals surface area contributed by atoms with Gasteiger partial charge in [0.2, 0.25) is 0 Å². The van der Waals surface area contributed by atoms with E-state index < -0.39 is 0 Å². The molecule has 1 aromatic rings. The summed E-state index contributed by atoms with van der Waals surface area (Å²) in [7, 11) is 0. The average molecular weight is 218 g/mol. The Kier molecular flexibility index (Phi) is 3.97. The van der Waals surface area contributed by atoms with Crippen LogP contribution in [-0.2, 0) is 0 Å². The van der Waals surface area contributed by atoms with E-state index in [9.17, 15) is 0 Å². The largest absolute Gasteiger partial charge is 0.324 e. The lowest BCUT2D eigenvalue weighted by Gasteiger charge is -2.39. The van der Waals surface area contributed by atoms with E-state index in [-0.39, 0.29) is 6.04 Å². The molecule has 1 unspecified atom stereocenters. The molecule has 2 heteroatoms. The van der Waals surface area contributed by atoms with Crippen LogP contribution >= 0.6 is 0 Å². The highest BCUT2D eigenvalue weighted by molar-refractivity contribution is 5.18. The summed E-state index contributed by atoms with van der Waals surface area (Å²) in [6.07, 6.45) is 2.39. The summed E-state index contributed by atoms with van der Waals surface area (Å²) in [6, 6.07) is 10.6. The van der Waals surface area contributed by atoms with Gasteiger partial charge in [-0.25, -0.2) is 0 Å². The second-order valence-electron chi connectivity index (χ2n) is 4.84. The number of hydrogen-bond donors (Lipinski definition) is 1. The number of hydrogen-bond acceptors (Lipinski definition) is 2. The van der Waals surface area contributed by atoms with E-state index in [0.717, 1.165) is 18.9 Å². The molecule has 0 saturated carbocycles. The zero-order chi connectivity index (χ0) is 11.4. The van der Waals surface area contributed by atoms with E-state index in [1.165, 1.54) is 25.1 Å². The minimum absolute atomic E-state index is 0.196. The predicted octanol–water partition coefficient (Wildman–Crippen LogP) is 2.42. The zero-order valence-electron chi connectivity index (χ0n) is 10.1. The van der Waals surface area contributed by atoms with Gasteiger partial charge in [-0.05, 0) is 24.4 Å². The Morgan fingerprint density at radius 2 is 2.00 bits per heavy atom. The lowest BCUT2D eigenvalue weighted by atomic mass is 9.96. The molecule has 0 radical (unpaired) electrons. The smallest absolute Gasteiger partial charge is 0.0307 e. The first-order valence-electron chi connectivity index (χ1n) is 6.32. The van der Waals surface area contributed by atoms with Crippen molar-refractivity contribution in [3.05, 3.63) is 35.9 Å². The van der Waals surface area contributed by atoms with Gasteiger partial charge in [-0.1, -0.05) is 43.7 Å². The van der Waals surface area contributed by atoms with E-state index in [4.69, 9.17) is 5.73 Å². The van der Waals surface area contributed by atoms with Crippen molar-refractivity contribution < 1.29 is 0 Å². The first-order chi connectivity index (χ1) is 7.79. The standard InChI is InChI=1S/C14H22N2/c1-2-12-10-16(11-12)9-8-14(15)13-6-4-3-5-7-13/h3-7,12,14H,2,8-11,15H2,1H3. The summed E-state index contributed by atoms with van der Waals surface area (Å²) in [4.78, 5) is 2.51. The van der Waals surface area contributed by atoms with Gasteiger partial charge in [0, 0.05) is 19.1 Å². The second kappa shape index (κ2) is 5.46. The first-order valence-corrected chi connectivity index (χ1v) is 6.32. The molecule has 88 valence electrons. The Balaban J connectivity index is 1.71. The predicted molar refractivity (Wildman–Crippen MR) is 68.2 cm³/mol. The monoisotopic (exact) mass is 218 g/mol. The highest BCUT2D eigenvalue weighted by Gasteiger charge is 2.24. The molecule has 0 amide bonds. The Morgan fingerprint density at radius 3 is 2.62 bits per heavy atom. The average Bonchev–Trinajstić information content (AvgIpc) is 2.28. The van der Waals surface area contributed by atoms with Gasteiger partial charge in [-0.3, -0.25) is 0 Å². The normalized spacial score (nSPS) is 19.4. The minimum Gasteiger partial charge on any atom is -0.324 e. The van der Waals surface area contributed by atoms with Crippen LogP contribution < -0.4 is 5.73 Å². The molecule has 0 spiro atoms. The summed E-state index contributed by atoms with van der Waals surface area (Å²) < 4.78 is 0. The maximum absolute atomic E-state index is 6.16. The topological polar surface area (TPSA) is 29.3 Å². The van der Waals surface area contributed by atoms with Crippen molar-refractivity contribution in [2.75, 3.05) is 19.6 Å². The molecule has 1 heterocycles. The van der Waals surface area contributed by atoms with Crippen molar-refractivity contribution in [2.45, 2.75) is 25.8 Å². The summed E-state index contributed by atoms with van der Waals surface area (Å²) in [5, 5.41) is 0. The Hall–Kier alpha value is -0.860. The van der Waals surface area contributed by atoms with E-state index in [1.54, 1.807) is 0 Å². The van der Waals surface area contributed by atoms with Crippen LogP contribution in [0.1, 0.15) is 31.4 Å². The van der Waals surface area contributed by atoms with Crippen LogP contribution in [0.4, 0.5) is 0 Å². The van der Waals surface area contributed by atoms with Crippen molar-refractivity contribution in [3.8, 4) is 0 Å². The van der Waals surface area contributed by atoms with Crippen molar-refractivity contribution in [1.82, 2.24) is 4.90 Å². The summed E-state index contributed by atoms with van der Waals surface area (Å²) in [5.41, 5.74) is 7.42. The highest BCUT2D eigenvalue weighted by Crippen LogP contribution is 2.21. The molecule has 1 fully saturated rings. The van der Waals surface area contributed by atoms with Gasteiger partial charge >= 0.3 is 0 Å². The molecule has 16 heavy (non-hydrogen) atoms. The quantitative estimate of drug-likeness (QED) is 0.822. The van der Waals surface area contributed by atoms with E-state index in [1.807, 2.05) is 6.07 Å². The molecule has 0 bridgehead atoms. The molecular formula is C14H22N2. The summed E-state index contributed by atoms with van der Waals surface area (Å²) in [6.45, 7) is 5.97. The molecule has 2 rings (SSSR count). The fourth-order valence-corrected chi connectivity index (χ4v) is 2.31. The fourth-order valence-electron chi connectivity index (χ4n) is 2.31. The first kappa shape index (κ1) is 11.6. The molecule has 1 aliphatic rings. The molecular weight excluding hydrogens is 196 g/mol. The highest BCUT2D eigenvalue weighted by atomic mass is 15.2. The van der Waals surface area contributed by atoms with Gasteiger partial charge in [0.05, 0.1) is 0 Å². The zero-order valence-corrected chi connectivity index (χ0v) is 10.1. The van der Waals surface area contributed by atoms with Crippen LogP contribution in [0.25, 0.3) is 0 Å². The summed E-state index contributed by atoms with van der Waals surface area (Å²) in [5.74, 6) is 0.938. The maximum Gasteiger partial charge on any atom is 0.0307 e. The fraction of sp³-hybridized carbons (Fsp3) is 0.571. The molecule has 1 aliphatic heterocycles. The van der Waals surface area contributed by atoms with Crippen LogP contribution in [0.3, 0.4) is 0 Å². The van der Waals surface area contributed by atoms with Crippen molar-refractivity contribution in [3.63, 3.8) is 0 Å². The third-order valence-corrected chi connectivity index (χ3v) is 3.59. The number of benzene rings is 1. The van der Waals surface area contributed by atoms with Crippen LogP contribution in [0.2, 0.25) is 0 Å². The molecule has 1 aromatic carbocycles. The molecule has 2 N–H and O–H groups in total. The van der Waals surface area contributed by atoms with Crippen molar-refractivity contribution in [1.29, 1.82) is 0 Å². The number of nitrogens with two attached hydrogens (primary N) is 1. The SMILES string of the molecule is CCC1CN(CCC(N)c2ccccc2)C1. The van der Waals surface area contributed by atoms with Gasteiger partial charge < -0.3 is 10.6 Å². The molecule has 2 nitrogen and oxygen atoms in total. The summed E-state index contributed by atoms with van der Waals surface area (Å²) >= 11 is 0. The third kappa shape index (κ3) is 2.83. The molecule has 0 aromatic heterocycles. The van der Waals surface area contributed by atoms with Gasteiger partial charge in [0.1, 0.15) is 0 Å². The number of likely N-dealkylation sites (tertiary alicyclic amines) is 1. The number of nitrogens with zero attached hydrogens (tertiary/aromatic N) is 1. The Morgan fingerprint density at radius 1 is 1.31 bits per heavy atom. The molecule has 1 atom stereocenters. The molecule has 1 saturated heterocycles. The van der Waals surface area contributed by atoms with Gasteiger partial charge in [0.25, 0.3) is 0 Å². The van der Waals surface area contributed by atoms with Crippen LogP contribution in [-0.4, -0.2) is 24.5 Å². The lowest BCUT2D eigenvalue weighted by Crippen LogP contribution is -2.47. The van der Waals surface area contributed by atoms with Crippen LogP contribution in [0.15, 0.2) is 30.3 Å². The van der Waals surface area contributed by atoms with Crippen LogP contribution in [0.5, 0.6) is 0 Å².